The van der Waals surface area contributed by atoms with Gasteiger partial charge in [-0.25, -0.2) is 0 Å². The van der Waals surface area contributed by atoms with E-state index in [4.69, 9.17) is 0 Å². The van der Waals surface area contributed by atoms with Crippen molar-refractivity contribution >= 4 is 5.91 Å². The fourth-order valence-corrected chi connectivity index (χ4v) is 2.84. The number of nitriles is 1. The summed E-state index contributed by atoms with van der Waals surface area (Å²) in [6, 6.07) is 2.21. The first-order valence-corrected chi connectivity index (χ1v) is 6.69. The molecule has 104 valence electrons. The number of nitrogens with one attached hydrogen (secondary N) is 1. The van der Waals surface area contributed by atoms with E-state index in [9.17, 15) is 10.1 Å². The Morgan fingerprint density at radius 2 is 2.10 bits per heavy atom. The quantitative estimate of drug-likeness (QED) is 0.795. The highest BCUT2D eigenvalue weighted by molar-refractivity contribution is 5.92. The molecule has 2 aliphatic rings. The van der Waals surface area contributed by atoms with E-state index >= 15 is 0 Å². The van der Waals surface area contributed by atoms with Gasteiger partial charge in [-0.15, -0.1) is 0 Å². The molecular formula is C16H19N3O. The van der Waals surface area contributed by atoms with E-state index in [1.54, 1.807) is 0 Å². The molecule has 0 aliphatic carbocycles. The van der Waals surface area contributed by atoms with Gasteiger partial charge >= 0.3 is 0 Å². The van der Waals surface area contributed by atoms with Crippen molar-refractivity contribution in [1.82, 2.24) is 10.2 Å². The molecule has 0 aromatic rings. The van der Waals surface area contributed by atoms with Crippen molar-refractivity contribution in [2.75, 3.05) is 6.54 Å². The van der Waals surface area contributed by atoms with Crippen molar-refractivity contribution in [3.8, 4) is 6.07 Å². The van der Waals surface area contributed by atoms with E-state index in [1.807, 2.05) is 30.9 Å². The van der Waals surface area contributed by atoms with Gasteiger partial charge in [0.05, 0.1) is 0 Å². The van der Waals surface area contributed by atoms with Crippen LogP contribution in [0, 0.1) is 11.3 Å². The first-order chi connectivity index (χ1) is 9.50. The number of allylic oxidation sites excluding steroid dienone is 4. The Bertz CT molecular complexity index is 591. The van der Waals surface area contributed by atoms with Gasteiger partial charge in [0.15, 0.2) is 0 Å². The highest BCUT2D eigenvalue weighted by Crippen LogP contribution is 2.39. The molecule has 20 heavy (non-hydrogen) atoms. The zero-order valence-corrected chi connectivity index (χ0v) is 12.0. The van der Waals surface area contributed by atoms with E-state index in [0.717, 1.165) is 16.8 Å². The monoisotopic (exact) mass is 269 g/mol. The number of likely N-dealkylation sites (tertiary alicyclic amines) is 1. The van der Waals surface area contributed by atoms with E-state index in [-0.39, 0.29) is 5.91 Å². The zero-order chi connectivity index (χ0) is 14.9. The van der Waals surface area contributed by atoms with Gasteiger partial charge in [0, 0.05) is 17.9 Å². The van der Waals surface area contributed by atoms with E-state index in [0.29, 0.717) is 25.1 Å². The molecule has 2 aliphatic heterocycles. The van der Waals surface area contributed by atoms with Crippen LogP contribution in [-0.4, -0.2) is 22.9 Å². The van der Waals surface area contributed by atoms with Crippen LogP contribution in [0.15, 0.2) is 47.9 Å². The van der Waals surface area contributed by atoms with Gasteiger partial charge in [-0.1, -0.05) is 25.3 Å². The average Bonchev–Trinajstić information content (AvgIpc) is 2.76. The lowest BCUT2D eigenvalue weighted by atomic mass is 9.87. The van der Waals surface area contributed by atoms with Crippen LogP contribution in [-0.2, 0) is 4.79 Å². The third-order valence-corrected chi connectivity index (χ3v) is 4.05. The molecular weight excluding hydrogens is 250 g/mol. The van der Waals surface area contributed by atoms with E-state index < -0.39 is 5.54 Å². The summed E-state index contributed by atoms with van der Waals surface area (Å²) in [4.78, 5) is 14.2. The lowest BCUT2D eigenvalue weighted by Crippen LogP contribution is -2.58. The second-order valence-electron chi connectivity index (χ2n) is 5.08. The number of carbonyl (C=O) groups excluding carboxylic acids is 1. The minimum absolute atomic E-state index is 0.301. The maximum atomic E-state index is 12.4. The Labute approximate surface area is 119 Å². The maximum Gasteiger partial charge on any atom is 0.264 e. The first kappa shape index (κ1) is 14.1. The largest absolute Gasteiger partial charge is 0.341 e. The van der Waals surface area contributed by atoms with Crippen LogP contribution in [0.3, 0.4) is 0 Å². The number of amides is 1. The van der Waals surface area contributed by atoms with E-state index in [2.05, 4.69) is 24.5 Å². The first-order valence-electron chi connectivity index (χ1n) is 6.69. The minimum atomic E-state index is -1.18. The van der Waals surface area contributed by atoms with Gasteiger partial charge in [-0.05, 0) is 37.8 Å². The van der Waals surface area contributed by atoms with Crippen molar-refractivity contribution in [3.05, 3.63) is 47.9 Å². The lowest BCUT2D eigenvalue weighted by molar-refractivity contribution is -0.129. The summed E-state index contributed by atoms with van der Waals surface area (Å²) in [6.07, 6.45) is 5.04. The number of piperidine rings is 1. The number of rotatable bonds is 1. The maximum absolute atomic E-state index is 12.4. The van der Waals surface area contributed by atoms with Crippen LogP contribution >= 0.6 is 0 Å². The molecule has 0 saturated carbocycles. The molecule has 0 radical (unpaired) electrons. The van der Waals surface area contributed by atoms with Crippen molar-refractivity contribution in [2.45, 2.75) is 32.2 Å². The standard InChI is InChI=1S/C16H19N3O/c1-5-13-9-19(12(4)14(13)6-2)16(10-17)8-7-11(3)18-15(16)20/h5-6H,3-4,7-9H2,1-2H3,(H,18,20)/b13-5-,14-6-. The predicted molar refractivity (Wildman–Crippen MR) is 78.2 cm³/mol. The smallest absolute Gasteiger partial charge is 0.264 e. The predicted octanol–water partition coefficient (Wildman–Crippen LogP) is 2.39. The second kappa shape index (κ2) is 5.01. The SMILES string of the molecule is C=C1CCC(C#N)(N2CC(=C/C)/C(=C\C)C2=C)C(=O)N1. The highest BCUT2D eigenvalue weighted by Gasteiger charge is 2.50. The van der Waals surface area contributed by atoms with Crippen molar-refractivity contribution < 1.29 is 4.79 Å². The van der Waals surface area contributed by atoms with Crippen LogP contribution in [0.5, 0.6) is 0 Å². The molecule has 2 heterocycles. The normalized spacial score (nSPS) is 30.9. The summed E-state index contributed by atoms with van der Waals surface area (Å²) in [6.45, 7) is 12.3. The summed E-state index contributed by atoms with van der Waals surface area (Å²) >= 11 is 0. The number of carbonyl (C=O) groups is 1. The van der Waals surface area contributed by atoms with Crippen molar-refractivity contribution in [3.63, 3.8) is 0 Å². The number of nitrogens with zero attached hydrogens (tertiary/aromatic N) is 2. The van der Waals surface area contributed by atoms with Gasteiger partial charge in [0.2, 0.25) is 5.54 Å². The number of hydrogen-bond donors (Lipinski definition) is 1. The Hall–Kier alpha value is -2.28. The minimum Gasteiger partial charge on any atom is -0.341 e. The van der Waals surface area contributed by atoms with Crippen molar-refractivity contribution in [1.29, 1.82) is 5.26 Å². The third-order valence-electron chi connectivity index (χ3n) is 4.05. The molecule has 2 saturated heterocycles. The molecule has 2 rings (SSSR count). The summed E-state index contributed by atoms with van der Waals surface area (Å²) in [5.74, 6) is -0.301. The molecule has 0 aromatic carbocycles. The van der Waals surface area contributed by atoms with Gasteiger partial charge in [0.1, 0.15) is 6.07 Å². The average molecular weight is 269 g/mol. The van der Waals surface area contributed by atoms with Gasteiger partial charge < -0.3 is 10.2 Å². The fraction of sp³-hybridized carbons (Fsp3) is 0.375. The Morgan fingerprint density at radius 1 is 1.40 bits per heavy atom. The van der Waals surface area contributed by atoms with Crippen LogP contribution in [0.1, 0.15) is 26.7 Å². The molecule has 4 nitrogen and oxygen atoms in total. The van der Waals surface area contributed by atoms with Crippen LogP contribution in [0.25, 0.3) is 0 Å². The van der Waals surface area contributed by atoms with Gasteiger partial charge in [0.25, 0.3) is 5.91 Å². The molecule has 1 N–H and O–H groups in total. The summed E-state index contributed by atoms with van der Waals surface area (Å²) < 4.78 is 0. The highest BCUT2D eigenvalue weighted by atomic mass is 16.2. The topological polar surface area (TPSA) is 56.1 Å². The molecule has 0 bridgehead atoms. The molecule has 2 fully saturated rings. The van der Waals surface area contributed by atoms with Crippen molar-refractivity contribution in [2.24, 2.45) is 0 Å². The molecule has 1 unspecified atom stereocenters. The summed E-state index contributed by atoms with van der Waals surface area (Å²) in [7, 11) is 0. The fourth-order valence-electron chi connectivity index (χ4n) is 2.84. The molecule has 4 heteroatoms. The summed E-state index contributed by atoms with van der Waals surface area (Å²) in [5, 5.41) is 12.3. The van der Waals surface area contributed by atoms with E-state index in [1.165, 1.54) is 0 Å². The zero-order valence-electron chi connectivity index (χ0n) is 12.0. The van der Waals surface area contributed by atoms with Gasteiger partial charge in [-0.3, -0.25) is 4.79 Å². The Morgan fingerprint density at radius 3 is 2.55 bits per heavy atom. The van der Waals surface area contributed by atoms with Crippen LogP contribution in [0.2, 0.25) is 0 Å². The van der Waals surface area contributed by atoms with Crippen LogP contribution < -0.4 is 5.32 Å². The Kier molecular flexibility index (Phi) is 3.54. The number of hydrogen-bond acceptors (Lipinski definition) is 3. The van der Waals surface area contributed by atoms with Gasteiger partial charge in [-0.2, -0.15) is 5.26 Å². The third kappa shape index (κ3) is 1.87. The molecule has 0 aromatic heterocycles. The lowest BCUT2D eigenvalue weighted by Gasteiger charge is -2.39. The van der Waals surface area contributed by atoms with Crippen LogP contribution in [0.4, 0.5) is 0 Å². The molecule has 1 atom stereocenters. The molecule has 0 spiro atoms. The second-order valence-corrected chi connectivity index (χ2v) is 5.08. The Balaban J connectivity index is 2.45. The molecule has 1 amide bonds. The summed E-state index contributed by atoms with van der Waals surface area (Å²) in [5.41, 5.74) is 2.34.